The third-order valence-electron chi connectivity index (χ3n) is 7.06. The second kappa shape index (κ2) is 16.9. The Balaban J connectivity index is 0.000000326. The van der Waals surface area contributed by atoms with E-state index in [-0.39, 0.29) is 16.8 Å². The summed E-state index contributed by atoms with van der Waals surface area (Å²) in [6.45, 7) is 5.95. The molecule has 43 heavy (non-hydrogen) atoms. The van der Waals surface area contributed by atoms with Crippen LogP contribution in [-0.4, -0.2) is 48.5 Å². The van der Waals surface area contributed by atoms with Crippen molar-refractivity contribution in [3.8, 4) is 0 Å². The predicted octanol–water partition coefficient (Wildman–Crippen LogP) is 6.31. The average molecular weight is 611 g/mol. The summed E-state index contributed by atoms with van der Waals surface area (Å²) in [4.78, 5) is 48.3. The summed E-state index contributed by atoms with van der Waals surface area (Å²) in [7, 11) is 1.65. The lowest BCUT2D eigenvalue weighted by Crippen LogP contribution is -2.36. The number of aromatic amines is 1. The van der Waals surface area contributed by atoms with Gasteiger partial charge in [-0.3, -0.25) is 9.59 Å². The molecule has 0 bridgehead atoms. The van der Waals surface area contributed by atoms with Crippen LogP contribution in [0.4, 0.5) is 23.7 Å². The molecule has 0 spiro atoms. The fourth-order valence-corrected chi connectivity index (χ4v) is 4.91. The van der Waals surface area contributed by atoms with Gasteiger partial charge in [-0.15, -0.1) is 0 Å². The van der Waals surface area contributed by atoms with Crippen molar-refractivity contribution in [3.63, 3.8) is 0 Å². The number of alkyl carbamates (subject to hydrolysis) is 1. The number of nitrogens with one attached hydrogen (secondary N) is 4. The number of anilines is 1. The fraction of sp³-hybridized carbons (Fsp3) is 0.613. The van der Waals surface area contributed by atoms with E-state index in [1.54, 1.807) is 7.05 Å². The summed E-state index contributed by atoms with van der Waals surface area (Å²) in [6, 6.07) is 4.46. The molecule has 1 aliphatic carbocycles. The van der Waals surface area contributed by atoms with E-state index in [9.17, 15) is 32.3 Å². The Hall–Kier alpha value is -3.57. The molecule has 1 atom stereocenters. The summed E-state index contributed by atoms with van der Waals surface area (Å²) in [6.07, 6.45) is 5.70. The van der Waals surface area contributed by atoms with Gasteiger partial charge < -0.3 is 30.5 Å². The van der Waals surface area contributed by atoms with Crippen molar-refractivity contribution in [3.05, 3.63) is 40.2 Å². The van der Waals surface area contributed by atoms with Crippen LogP contribution >= 0.6 is 0 Å². The zero-order chi connectivity index (χ0) is 32.0. The van der Waals surface area contributed by atoms with Gasteiger partial charge in [0.1, 0.15) is 11.9 Å². The molecule has 1 aromatic heterocycles. The highest BCUT2D eigenvalue weighted by molar-refractivity contribution is 5.85. The maximum Gasteiger partial charge on any atom is 0.417 e. The molecule has 4 N–H and O–H groups in total. The molecule has 9 nitrogen and oxygen atoms in total. The van der Waals surface area contributed by atoms with Crippen molar-refractivity contribution in [1.82, 2.24) is 15.6 Å². The molecule has 1 heterocycles. The monoisotopic (exact) mass is 610 g/mol. The fourth-order valence-electron chi connectivity index (χ4n) is 4.91. The summed E-state index contributed by atoms with van der Waals surface area (Å²) < 4.78 is 43.3. The van der Waals surface area contributed by atoms with Gasteiger partial charge in [0.05, 0.1) is 17.1 Å². The molecule has 12 heteroatoms. The van der Waals surface area contributed by atoms with Crippen LogP contribution in [0.15, 0.2) is 29.1 Å². The lowest BCUT2D eigenvalue weighted by molar-refractivity contribution is -0.136. The van der Waals surface area contributed by atoms with Crippen LogP contribution in [0.2, 0.25) is 0 Å². The second-order valence-corrected chi connectivity index (χ2v) is 11.8. The third kappa shape index (κ3) is 13.5. The lowest BCUT2D eigenvalue weighted by Gasteiger charge is -2.21. The van der Waals surface area contributed by atoms with Gasteiger partial charge in [-0.25, -0.2) is 4.79 Å². The zero-order valence-electron chi connectivity index (χ0n) is 25.5. The topological polar surface area (TPSA) is 129 Å². The first kappa shape index (κ1) is 35.6. The number of amides is 2. The summed E-state index contributed by atoms with van der Waals surface area (Å²) >= 11 is 0. The Kier molecular flexibility index (Phi) is 14.0. The second-order valence-electron chi connectivity index (χ2n) is 11.8. The first-order valence-electron chi connectivity index (χ1n) is 14.9. The molecule has 0 radical (unpaired) electrons. The minimum Gasteiger partial charge on any atom is -0.444 e. The summed E-state index contributed by atoms with van der Waals surface area (Å²) in [5, 5.41) is 8.29. The molecular formula is C31H45F3N4O5. The van der Waals surface area contributed by atoms with Gasteiger partial charge in [-0.2, -0.15) is 13.2 Å². The number of halogens is 3. The Bertz CT molecular complexity index is 1250. The molecule has 3 rings (SSSR count). The molecule has 1 unspecified atom stereocenters. The van der Waals surface area contributed by atoms with Crippen LogP contribution in [0, 0.1) is 5.92 Å². The number of ether oxygens (including phenoxy) is 1. The predicted molar refractivity (Wildman–Crippen MR) is 161 cm³/mol. The number of benzene rings is 1. The van der Waals surface area contributed by atoms with Crippen LogP contribution < -0.4 is 21.5 Å². The van der Waals surface area contributed by atoms with E-state index in [0.29, 0.717) is 37.1 Å². The van der Waals surface area contributed by atoms with Crippen molar-refractivity contribution in [2.24, 2.45) is 5.92 Å². The number of pyridine rings is 1. The van der Waals surface area contributed by atoms with E-state index in [4.69, 9.17) is 4.74 Å². The smallest absolute Gasteiger partial charge is 0.417 e. The highest BCUT2D eigenvalue weighted by atomic mass is 19.4. The maximum atomic E-state index is 12.7. The summed E-state index contributed by atoms with van der Waals surface area (Å²) in [5.41, 5.74) is -1.39. The van der Waals surface area contributed by atoms with E-state index in [0.717, 1.165) is 25.5 Å². The van der Waals surface area contributed by atoms with E-state index in [1.807, 2.05) is 20.8 Å². The van der Waals surface area contributed by atoms with Gasteiger partial charge in [-0.1, -0.05) is 38.2 Å². The molecular weight excluding hydrogens is 565 g/mol. The number of rotatable bonds is 11. The van der Waals surface area contributed by atoms with E-state index >= 15 is 0 Å². The number of aldehydes is 1. The van der Waals surface area contributed by atoms with Gasteiger partial charge in [0.25, 0.3) is 0 Å². The highest BCUT2D eigenvalue weighted by Crippen LogP contribution is 2.33. The molecule has 0 saturated heterocycles. The number of carbonyl (C=O) groups is 3. The minimum atomic E-state index is -4.53. The van der Waals surface area contributed by atoms with E-state index < -0.39 is 35.0 Å². The number of alkyl halides is 3. The number of hydrogen-bond donors (Lipinski definition) is 4. The van der Waals surface area contributed by atoms with Gasteiger partial charge in [-0.05, 0) is 64.5 Å². The number of aromatic nitrogens is 1. The number of carbonyl (C=O) groups excluding carboxylic acids is 3. The van der Waals surface area contributed by atoms with Crippen LogP contribution in [0.25, 0.3) is 10.9 Å². The van der Waals surface area contributed by atoms with Crippen molar-refractivity contribution in [2.45, 2.75) is 103 Å². The van der Waals surface area contributed by atoms with Crippen LogP contribution in [-0.2, 0) is 20.5 Å². The standard InChI is InChI=1S/C20H36N2O4.C11H9F3N2O/c1-20(2,3)26-19(25)21-14-8-7-11-17(15-23)22-18(24)13-12-16-9-5-4-6-10-16;1-15-6-2-3-7-8(11(12,13)14)5-10(17)16-9(7)4-6/h15-17H,4-14H2,1-3H3,(H,21,25)(H,22,24);2-5,15H,1H3,(H,16,17). The lowest BCUT2D eigenvalue weighted by atomic mass is 9.86. The first-order valence-corrected chi connectivity index (χ1v) is 14.9. The quantitative estimate of drug-likeness (QED) is 0.174. The van der Waals surface area contributed by atoms with Gasteiger partial charge in [0.2, 0.25) is 11.5 Å². The molecule has 1 fully saturated rings. The SMILES string of the molecule is CC(C)(C)OC(=O)NCCCCC(C=O)NC(=O)CCC1CCCCC1.CNc1ccc2c(C(F)(F)F)cc(=O)[nH]c2c1. The van der Waals surface area contributed by atoms with Gasteiger partial charge in [0, 0.05) is 37.2 Å². The Morgan fingerprint density at radius 2 is 1.79 bits per heavy atom. The van der Waals surface area contributed by atoms with E-state index in [2.05, 4.69) is 20.9 Å². The normalized spacial score (nSPS) is 14.7. The summed E-state index contributed by atoms with van der Waals surface area (Å²) in [5.74, 6) is 0.641. The molecule has 0 aliphatic heterocycles. The van der Waals surface area contributed by atoms with Crippen molar-refractivity contribution >= 4 is 34.9 Å². The molecule has 240 valence electrons. The molecule has 2 amide bonds. The maximum absolute atomic E-state index is 12.7. The van der Waals surface area contributed by atoms with Crippen molar-refractivity contribution in [2.75, 3.05) is 18.9 Å². The third-order valence-corrected chi connectivity index (χ3v) is 7.06. The van der Waals surface area contributed by atoms with Crippen LogP contribution in [0.3, 0.4) is 0 Å². The Morgan fingerprint density at radius 1 is 1.09 bits per heavy atom. The molecule has 1 saturated carbocycles. The highest BCUT2D eigenvalue weighted by Gasteiger charge is 2.33. The largest absolute Gasteiger partial charge is 0.444 e. The Morgan fingerprint density at radius 3 is 2.40 bits per heavy atom. The van der Waals surface area contributed by atoms with Crippen LogP contribution in [0.5, 0.6) is 0 Å². The van der Waals surface area contributed by atoms with E-state index in [1.165, 1.54) is 50.3 Å². The van der Waals surface area contributed by atoms with Crippen molar-refractivity contribution < 1.29 is 32.3 Å². The average Bonchev–Trinajstić information content (AvgIpc) is 2.94. The first-order chi connectivity index (χ1) is 20.2. The minimum absolute atomic E-state index is 0.0175. The molecule has 2 aromatic rings. The number of hydrogen-bond acceptors (Lipinski definition) is 6. The Labute approximate surface area is 250 Å². The van der Waals surface area contributed by atoms with Crippen molar-refractivity contribution in [1.29, 1.82) is 0 Å². The van der Waals surface area contributed by atoms with Gasteiger partial charge >= 0.3 is 12.3 Å². The zero-order valence-corrected chi connectivity index (χ0v) is 25.5. The van der Waals surface area contributed by atoms with Gasteiger partial charge in [0.15, 0.2) is 0 Å². The number of H-pyrrole nitrogens is 1. The molecule has 1 aliphatic rings. The van der Waals surface area contributed by atoms with Crippen LogP contribution in [0.1, 0.15) is 90.5 Å². The number of fused-ring (bicyclic) bond motifs is 1. The molecule has 1 aromatic carbocycles. The number of unbranched alkanes of at least 4 members (excludes halogenated alkanes) is 1.